The Morgan fingerprint density at radius 3 is 1.22 bits per heavy atom. The van der Waals surface area contributed by atoms with Crippen LogP contribution < -0.4 is 0 Å². The molecule has 12 nitrogen and oxygen atoms in total. The van der Waals surface area contributed by atoms with Gasteiger partial charge >= 0.3 is 23.9 Å². The summed E-state index contributed by atoms with van der Waals surface area (Å²) in [4.78, 5) is 51.2. The molecule has 77 heavy (non-hydrogen) atoms. The van der Waals surface area contributed by atoms with Crippen molar-refractivity contribution < 1.29 is 58.2 Å². The minimum absolute atomic E-state index is 0.0515. The Bertz CT molecular complexity index is 1520. The number of aliphatic hydroxyl groups excluding tert-OH is 2. The Labute approximate surface area is 469 Å². The van der Waals surface area contributed by atoms with Gasteiger partial charge in [-0.25, -0.2) is 4.79 Å². The number of esters is 3. The van der Waals surface area contributed by atoms with Crippen LogP contribution in [0.15, 0.2) is 48.6 Å². The molecule has 0 aromatic heterocycles. The summed E-state index contributed by atoms with van der Waals surface area (Å²) in [5, 5.41) is 31.5. The molecule has 0 aliphatic carbocycles. The van der Waals surface area contributed by atoms with Crippen molar-refractivity contribution in [2.24, 2.45) is 0 Å². The van der Waals surface area contributed by atoms with E-state index in [1.807, 2.05) is 0 Å². The summed E-state index contributed by atoms with van der Waals surface area (Å²) in [5.41, 5.74) is 0. The topological polar surface area (TPSA) is 175 Å². The zero-order valence-electron chi connectivity index (χ0n) is 49.2. The highest BCUT2D eigenvalue weighted by Gasteiger charge is 2.50. The van der Waals surface area contributed by atoms with Crippen LogP contribution in [0.3, 0.4) is 0 Å². The Kier molecular flexibility index (Phi) is 49.7. The van der Waals surface area contributed by atoms with Gasteiger partial charge < -0.3 is 39.0 Å². The summed E-state index contributed by atoms with van der Waals surface area (Å²) >= 11 is 0. The minimum Gasteiger partial charge on any atom is -0.479 e. The first-order chi connectivity index (χ1) is 37.6. The van der Waals surface area contributed by atoms with Crippen LogP contribution in [0, 0.1) is 0 Å². The van der Waals surface area contributed by atoms with Gasteiger partial charge in [0.05, 0.1) is 6.61 Å². The number of carbonyl (C=O) groups excluding carboxylic acids is 3. The molecule has 0 aromatic carbocycles. The third kappa shape index (κ3) is 43.2. The maximum Gasteiger partial charge on any atom is 0.335 e. The van der Waals surface area contributed by atoms with E-state index in [-0.39, 0.29) is 25.9 Å². The summed E-state index contributed by atoms with van der Waals surface area (Å²) in [6.45, 7) is 5.96. The molecule has 3 N–H and O–H groups in total. The van der Waals surface area contributed by atoms with E-state index in [1.54, 1.807) is 0 Å². The fraction of sp³-hybridized carbons (Fsp3) is 0.815. The number of carbonyl (C=O) groups is 4. The van der Waals surface area contributed by atoms with Crippen LogP contribution in [0.1, 0.15) is 290 Å². The van der Waals surface area contributed by atoms with Gasteiger partial charge in [-0.1, -0.05) is 217 Å². The largest absolute Gasteiger partial charge is 0.479 e. The molecular weight excluding hydrogens is 973 g/mol. The Hall–Kier alpha value is -3.32. The molecule has 1 aliphatic heterocycles. The van der Waals surface area contributed by atoms with Crippen molar-refractivity contribution in [2.75, 3.05) is 13.2 Å². The van der Waals surface area contributed by atoms with Crippen molar-refractivity contribution in [3.63, 3.8) is 0 Å². The highest BCUT2D eigenvalue weighted by Crippen LogP contribution is 2.27. The van der Waals surface area contributed by atoms with E-state index in [1.165, 1.54) is 109 Å². The SMILES string of the molecule is CCCCC/C=C\C/C=C\CCCCCCCCCC(=O)OC1C(OCC(COC(=O)CCCCCCCCC/C=C\CCCCCCCC)OC(=O)CCCCCCC/C=C\CCCCCC)OC(C(=O)O)C(O)C1O. The van der Waals surface area contributed by atoms with E-state index >= 15 is 0 Å². The third-order valence-corrected chi connectivity index (χ3v) is 14.3. The lowest BCUT2D eigenvalue weighted by atomic mass is 9.98. The van der Waals surface area contributed by atoms with Crippen molar-refractivity contribution in [1.29, 1.82) is 0 Å². The van der Waals surface area contributed by atoms with Gasteiger partial charge in [0, 0.05) is 19.3 Å². The lowest BCUT2D eigenvalue weighted by Gasteiger charge is -2.40. The van der Waals surface area contributed by atoms with Gasteiger partial charge in [-0.2, -0.15) is 0 Å². The Morgan fingerprint density at radius 1 is 0.429 bits per heavy atom. The van der Waals surface area contributed by atoms with Crippen LogP contribution in [0.25, 0.3) is 0 Å². The zero-order chi connectivity index (χ0) is 56.1. The Balaban J connectivity index is 2.66. The fourth-order valence-corrected chi connectivity index (χ4v) is 9.45. The first-order valence-electron chi connectivity index (χ1n) is 31.6. The molecule has 0 radical (unpaired) electrons. The van der Waals surface area contributed by atoms with Gasteiger partial charge in [-0.15, -0.1) is 0 Å². The molecule has 0 bridgehead atoms. The van der Waals surface area contributed by atoms with Gasteiger partial charge in [0.2, 0.25) is 0 Å². The molecule has 1 rings (SSSR count). The number of rotatable bonds is 54. The monoisotopic (exact) mass is 1090 g/mol. The summed E-state index contributed by atoms with van der Waals surface area (Å²) in [5.74, 6) is -3.13. The fourth-order valence-electron chi connectivity index (χ4n) is 9.45. The normalized spacial score (nSPS) is 18.3. The minimum atomic E-state index is -1.91. The van der Waals surface area contributed by atoms with Crippen molar-refractivity contribution in [1.82, 2.24) is 0 Å². The number of carboxylic acids is 1. The molecule has 446 valence electrons. The second-order valence-corrected chi connectivity index (χ2v) is 21.7. The van der Waals surface area contributed by atoms with Crippen molar-refractivity contribution >= 4 is 23.9 Å². The summed E-state index contributed by atoms with van der Waals surface area (Å²) in [6, 6.07) is 0. The second kappa shape index (κ2) is 53.3. The molecule has 1 saturated heterocycles. The van der Waals surface area contributed by atoms with Crippen molar-refractivity contribution in [2.45, 2.75) is 327 Å². The predicted molar refractivity (Wildman–Crippen MR) is 312 cm³/mol. The summed E-state index contributed by atoms with van der Waals surface area (Å²) in [6.07, 6.45) is 52.1. The van der Waals surface area contributed by atoms with E-state index in [4.69, 9.17) is 23.7 Å². The standard InChI is InChI=1S/C65H114O12/c1-4-7-10-13-16-19-22-25-27-29-31-34-36-39-42-45-48-51-57(66)73-54-56(75-58(67)52-49-46-43-40-37-33-24-21-18-15-12-9-6-3)55-74-65-63(61(70)60(69)62(77-65)64(71)72)76-59(68)53-50-47-44-41-38-35-32-30-28-26-23-20-17-14-11-8-5-2/h17,20-21,24-28,56,60-63,65,69-70H,4-16,18-19,22-23,29-55H2,1-3H3,(H,71,72)/b20-17-,24-21-,27-25-,28-26-. The maximum absolute atomic E-state index is 13.2. The maximum atomic E-state index is 13.2. The number of carboxylic acid groups (broad SMARTS) is 1. The smallest absolute Gasteiger partial charge is 0.335 e. The third-order valence-electron chi connectivity index (χ3n) is 14.3. The van der Waals surface area contributed by atoms with Crippen LogP contribution in [-0.4, -0.2) is 89.2 Å². The number of hydrogen-bond donors (Lipinski definition) is 3. The average Bonchev–Trinajstić information content (AvgIpc) is 3.42. The van der Waals surface area contributed by atoms with Gasteiger partial charge in [0.15, 0.2) is 24.6 Å². The molecule has 6 unspecified atom stereocenters. The molecule has 1 heterocycles. The average molecular weight is 1090 g/mol. The molecule has 0 amide bonds. The summed E-state index contributed by atoms with van der Waals surface area (Å²) in [7, 11) is 0. The van der Waals surface area contributed by atoms with Crippen molar-refractivity contribution in [3.05, 3.63) is 48.6 Å². The molecule has 1 fully saturated rings. The molecule has 6 atom stereocenters. The van der Waals surface area contributed by atoms with Gasteiger partial charge in [0.25, 0.3) is 0 Å². The molecule has 12 heteroatoms. The first kappa shape index (κ1) is 71.7. The van der Waals surface area contributed by atoms with E-state index < -0.39 is 67.3 Å². The van der Waals surface area contributed by atoms with Crippen LogP contribution >= 0.6 is 0 Å². The van der Waals surface area contributed by atoms with Crippen LogP contribution in [0.4, 0.5) is 0 Å². The van der Waals surface area contributed by atoms with E-state index in [9.17, 15) is 34.5 Å². The molecular formula is C65H114O12. The van der Waals surface area contributed by atoms with Crippen molar-refractivity contribution in [3.8, 4) is 0 Å². The number of allylic oxidation sites excluding steroid dienone is 8. The lowest BCUT2D eigenvalue weighted by molar-refractivity contribution is -0.301. The summed E-state index contributed by atoms with van der Waals surface area (Å²) < 4.78 is 28.5. The number of unbranched alkanes of at least 4 members (excludes halogenated alkanes) is 32. The van der Waals surface area contributed by atoms with Crippen LogP contribution in [0.2, 0.25) is 0 Å². The molecule has 0 aromatic rings. The highest BCUT2D eigenvalue weighted by molar-refractivity contribution is 5.74. The van der Waals surface area contributed by atoms with E-state index in [0.717, 1.165) is 122 Å². The van der Waals surface area contributed by atoms with Crippen LogP contribution in [0.5, 0.6) is 0 Å². The highest BCUT2D eigenvalue weighted by atomic mass is 16.7. The van der Waals surface area contributed by atoms with Gasteiger partial charge in [-0.05, 0) is 103 Å². The number of aliphatic hydroxyl groups is 2. The predicted octanol–water partition coefficient (Wildman–Crippen LogP) is 16.6. The molecule has 1 aliphatic rings. The van der Waals surface area contributed by atoms with E-state index in [0.29, 0.717) is 19.3 Å². The number of aliphatic carboxylic acids is 1. The number of ether oxygens (including phenoxy) is 5. The quantitative estimate of drug-likeness (QED) is 0.0228. The number of hydrogen-bond acceptors (Lipinski definition) is 11. The lowest BCUT2D eigenvalue weighted by Crippen LogP contribution is -2.61. The van der Waals surface area contributed by atoms with Gasteiger partial charge in [-0.3, -0.25) is 14.4 Å². The van der Waals surface area contributed by atoms with Crippen LogP contribution in [-0.2, 0) is 42.9 Å². The molecule has 0 saturated carbocycles. The molecule has 0 spiro atoms. The van der Waals surface area contributed by atoms with E-state index in [2.05, 4.69) is 69.4 Å². The first-order valence-corrected chi connectivity index (χ1v) is 31.6. The Morgan fingerprint density at radius 2 is 0.779 bits per heavy atom. The zero-order valence-corrected chi connectivity index (χ0v) is 49.2. The second-order valence-electron chi connectivity index (χ2n) is 21.7. The van der Waals surface area contributed by atoms with Gasteiger partial charge in [0.1, 0.15) is 18.8 Å².